The van der Waals surface area contributed by atoms with Gasteiger partial charge in [0.05, 0.1) is 17.0 Å². The highest BCUT2D eigenvalue weighted by molar-refractivity contribution is 7.90. The van der Waals surface area contributed by atoms with E-state index in [1.807, 2.05) is 0 Å². The maximum absolute atomic E-state index is 11.9. The minimum atomic E-state index is -3.53. The summed E-state index contributed by atoms with van der Waals surface area (Å²) in [5, 5.41) is -0.423. The molecule has 0 atom stereocenters. The van der Waals surface area contributed by atoms with Gasteiger partial charge >= 0.3 is 0 Å². The van der Waals surface area contributed by atoms with E-state index >= 15 is 0 Å². The van der Waals surface area contributed by atoms with E-state index in [2.05, 4.69) is 9.71 Å². The smallest absolute Gasteiger partial charge is 0.267 e. The Morgan fingerprint density at radius 3 is 2.65 bits per heavy atom. The third kappa shape index (κ3) is 3.04. The zero-order valence-electron chi connectivity index (χ0n) is 9.26. The fourth-order valence-corrected chi connectivity index (χ4v) is 4.03. The second-order valence-electron chi connectivity index (χ2n) is 4.10. The molecule has 0 unspecified atom stereocenters. The molecule has 0 spiro atoms. The average Bonchev–Trinajstić information content (AvgIpc) is 2.83. The molecule has 17 heavy (non-hydrogen) atoms. The molecule has 5 nitrogen and oxygen atoms in total. The first kappa shape index (κ1) is 12.5. The Kier molecular flexibility index (Phi) is 3.78. The molecule has 0 saturated heterocycles. The molecule has 7 heteroatoms. The third-order valence-electron chi connectivity index (χ3n) is 2.88. The summed E-state index contributed by atoms with van der Waals surface area (Å²) in [5.74, 6) is -0.571. The summed E-state index contributed by atoms with van der Waals surface area (Å²) in [6, 6.07) is 0. The first-order chi connectivity index (χ1) is 8.09. The van der Waals surface area contributed by atoms with Gasteiger partial charge in [0.2, 0.25) is 10.0 Å². The van der Waals surface area contributed by atoms with Crippen molar-refractivity contribution in [3.05, 3.63) is 16.6 Å². The maximum atomic E-state index is 11.9. The van der Waals surface area contributed by atoms with Crippen molar-refractivity contribution in [3.8, 4) is 0 Å². The molecule has 1 aromatic rings. The Labute approximate surface area is 104 Å². The van der Waals surface area contributed by atoms with Gasteiger partial charge in [-0.25, -0.2) is 13.1 Å². The SMILES string of the molecule is O=C(NS(=O)(=O)C1CCCCC1)c1cncs1. The number of thiazole rings is 1. The molecule has 1 heterocycles. The average molecular weight is 274 g/mol. The molecule has 1 aliphatic carbocycles. The van der Waals surface area contributed by atoms with E-state index in [-0.39, 0.29) is 0 Å². The van der Waals surface area contributed by atoms with E-state index in [9.17, 15) is 13.2 Å². The molecule has 0 radical (unpaired) electrons. The van der Waals surface area contributed by atoms with Gasteiger partial charge in [0.1, 0.15) is 4.88 Å². The van der Waals surface area contributed by atoms with E-state index < -0.39 is 21.2 Å². The lowest BCUT2D eigenvalue weighted by Crippen LogP contribution is -2.39. The molecule has 1 N–H and O–H groups in total. The molecule has 0 aliphatic heterocycles. The van der Waals surface area contributed by atoms with Gasteiger partial charge in [-0.15, -0.1) is 11.3 Å². The molecule has 1 aromatic heterocycles. The highest BCUT2D eigenvalue weighted by Gasteiger charge is 2.29. The van der Waals surface area contributed by atoms with Gasteiger partial charge in [-0.1, -0.05) is 19.3 Å². The summed E-state index contributed by atoms with van der Waals surface area (Å²) >= 11 is 1.13. The number of rotatable bonds is 3. The Hall–Kier alpha value is -0.950. The summed E-state index contributed by atoms with van der Waals surface area (Å²) < 4.78 is 26.0. The van der Waals surface area contributed by atoms with Crippen LogP contribution in [-0.2, 0) is 10.0 Å². The molecule has 1 amide bonds. The summed E-state index contributed by atoms with van der Waals surface area (Å²) in [5.41, 5.74) is 1.50. The third-order valence-corrected chi connectivity index (χ3v) is 5.47. The van der Waals surface area contributed by atoms with Crippen molar-refractivity contribution in [2.24, 2.45) is 0 Å². The number of hydrogen-bond donors (Lipinski definition) is 1. The standard InChI is InChI=1S/C10H14N2O3S2/c13-10(9-6-11-7-16-9)12-17(14,15)8-4-2-1-3-5-8/h6-8H,1-5H2,(H,12,13). The predicted octanol–water partition coefficient (Wildman–Crippen LogP) is 1.54. The van der Waals surface area contributed by atoms with Crippen LogP contribution in [0.3, 0.4) is 0 Å². The van der Waals surface area contributed by atoms with Crippen molar-refractivity contribution in [3.63, 3.8) is 0 Å². The number of nitrogens with one attached hydrogen (secondary N) is 1. The number of nitrogens with zero attached hydrogens (tertiary/aromatic N) is 1. The summed E-state index contributed by atoms with van der Waals surface area (Å²) in [4.78, 5) is 15.7. The number of carbonyl (C=O) groups is 1. The zero-order chi connectivity index (χ0) is 12.3. The second-order valence-corrected chi connectivity index (χ2v) is 6.95. The van der Waals surface area contributed by atoms with Crippen LogP contribution in [-0.4, -0.2) is 24.6 Å². The minimum absolute atomic E-state index is 0.324. The van der Waals surface area contributed by atoms with Gasteiger partial charge in [0.25, 0.3) is 5.91 Å². The van der Waals surface area contributed by atoms with Crippen molar-refractivity contribution >= 4 is 27.3 Å². The van der Waals surface area contributed by atoms with Gasteiger partial charge < -0.3 is 0 Å². The van der Waals surface area contributed by atoms with Gasteiger partial charge in [0, 0.05) is 0 Å². The normalized spacial score (nSPS) is 17.9. The van der Waals surface area contributed by atoms with Crippen LogP contribution in [0.4, 0.5) is 0 Å². The summed E-state index contributed by atoms with van der Waals surface area (Å²) in [6.45, 7) is 0. The van der Waals surface area contributed by atoms with Gasteiger partial charge in [0.15, 0.2) is 0 Å². The van der Waals surface area contributed by atoms with Crippen LogP contribution < -0.4 is 4.72 Å². The van der Waals surface area contributed by atoms with Crippen LogP contribution in [0.2, 0.25) is 0 Å². The number of amides is 1. The van der Waals surface area contributed by atoms with E-state index in [1.165, 1.54) is 11.7 Å². The van der Waals surface area contributed by atoms with Gasteiger partial charge in [-0.05, 0) is 12.8 Å². The fourth-order valence-electron chi connectivity index (χ4n) is 1.97. The van der Waals surface area contributed by atoms with Crippen LogP contribution in [0.15, 0.2) is 11.7 Å². The number of aromatic nitrogens is 1. The lowest BCUT2D eigenvalue weighted by molar-refractivity contribution is 0.0984. The van der Waals surface area contributed by atoms with Crippen LogP contribution in [0, 0.1) is 0 Å². The first-order valence-corrected chi connectivity index (χ1v) is 7.96. The van der Waals surface area contributed by atoms with E-state index in [0.717, 1.165) is 30.6 Å². The van der Waals surface area contributed by atoms with Crippen molar-refractivity contribution in [2.45, 2.75) is 37.4 Å². The summed E-state index contributed by atoms with van der Waals surface area (Å²) in [7, 11) is -3.53. The monoisotopic (exact) mass is 274 g/mol. The second kappa shape index (κ2) is 5.14. The van der Waals surface area contributed by atoms with Gasteiger partial charge in [-0.3, -0.25) is 9.78 Å². The fraction of sp³-hybridized carbons (Fsp3) is 0.600. The van der Waals surface area contributed by atoms with Gasteiger partial charge in [-0.2, -0.15) is 0 Å². The molecular weight excluding hydrogens is 260 g/mol. The molecule has 94 valence electrons. The molecule has 2 rings (SSSR count). The van der Waals surface area contributed by atoms with E-state index in [0.29, 0.717) is 17.7 Å². The number of sulfonamides is 1. The van der Waals surface area contributed by atoms with Crippen LogP contribution in [0.25, 0.3) is 0 Å². The topological polar surface area (TPSA) is 76.1 Å². The Bertz CT molecular complexity index is 476. The van der Waals surface area contributed by atoms with Crippen LogP contribution in [0.5, 0.6) is 0 Å². The largest absolute Gasteiger partial charge is 0.276 e. The predicted molar refractivity (Wildman–Crippen MR) is 65.4 cm³/mol. The van der Waals surface area contributed by atoms with Crippen molar-refractivity contribution in [2.75, 3.05) is 0 Å². The summed E-state index contributed by atoms with van der Waals surface area (Å²) in [6.07, 6.45) is 5.57. The molecule has 0 aromatic carbocycles. The first-order valence-electron chi connectivity index (χ1n) is 5.54. The zero-order valence-corrected chi connectivity index (χ0v) is 10.9. The minimum Gasteiger partial charge on any atom is -0.267 e. The lowest BCUT2D eigenvalue weighted by Gasteiger charge is -2.21. The van der Waals surface area contributed by atoms with Crippen LogP contribution in [0.1, 0.15) is 41.8 Å². The van der Waals surface area contributed by atoms with E-state index in [1.54, 1.807) is 0 Å². The van der Waals surface area contributed by atoms with Crippen molar-refractivity contribution in [1.29, 1.82) is 0 Å². The Morgan fingerprint density at radius 1 is 1.35 bits per heavy atom. The highest BCUT2D eigenvalue weighted by atomic mass is 32.2. The highest BCUT2D eigenvalue weighted by Crippen LogP contribution is 2.23. The van der Waals surface area contributed by atoms with Crippen molar-refractivity contribution < 1.29 is 13.2 Å². The van der Waals surface area contributed by atoms with E-state index in [4.69, 9.17) is 0 Å². The Balaban J connectivity index is 2.04. The van der Waals surface area contributed by atoms with Crippen molar-refractivity contribution in [1.82, 2.24) is 9.71 Å². The quantitative estimate of drug-likeness (QED) is 0.907. The molecular formula is C10H14N2O3S2. The Morgan fingerprint density at radius 2 is 2.06 bits per heavy atom. The lowest BCUT2D eigenvalue weighted by atomic mass is 10.0. The molecule has 1 saturated carbocycles. The van der Waals surface area contributed by atoms with Crippen LogP contribution >= 0.6 is 11.3 Å². The molecule has 0 bridgehead atoms. The molecule has 1 aliphatic rings. The maximum Gasteiger partial charge on any atom is 0.276 e. The number of hydrogen-bond acceptors (Lipinski definition) is 5. The molecule has 1 fully saturated rings. The number of carbonyl (C=O) groups excluding carboxylic acids is 1.